The van der Waals surface area contributed by atoms with Gasteiger partial charge in [0.25, 0.3) is 5.91 Å². The average molecular weight is 525 g/mol. The number of ether oxygens (including phenoxy) is 1. The van der Waals surface area contributed by atoms with Gasteiger partial charge in [-0.2, -0.15) is 0 Å². The molecule has 10 heteroatoms. The van der Waals surface area contributed by atoms with Crippen molar-refractivity contribution in [3.05, 3.63) is 47.8 Å². The summed E-state index contributed by atoms with van der Waals surface area (Å²) in [5, 5.41) is 7.89. The van der Waals surface area contributed by atoms with Gasteiger partial charge in [-0.3, -0.25) is 4.79 Å². The Labute approximate surface area is 222 Å². The van der Waals surface area contributed by atoms with Crippen molar-refractivity contribution < 1.29 is 18.7 Å². The van der Waals surface area contributed by atoms with Crippen LogP contribution in [0.25, 0.3) is 5.65 Å². The lowest BCUT2D eigenvalue weighted by molar-refractivity contribution is 0.0199. The Kier molecular flexibility index (Phi) is 7.15. The molecule has 9 nitrogen and oxygen atoms in total. The molecule has 2 aliphatic heterocycles. The predicted octanol–water partition coefficient (Wildman–Crippen LogP) is 4.30. The normalized spacial score (nSPS) is 24.6. The first-order chi connectivity index (χ1) is 18.1. The maximum Gasteiger partial charge on any atom is 0.410 e. The van der Waals surface area contributed by atoms with Crippen molar-refractivity contribution in [1.29, 1.82) is 0 Å². The van der Waals surface area contributed by atoms with E-state index in [1.165, 1.54) is 0 Å². The van der Waals surface area contributed by atoms with Gasteiger partial charge in [0.05, 0.1) is 12.2 Å². The van der Waals surface area contributed by atoms with Crippen LogP contribution in [-0.2, 0) is 4.74 Å². The van der Waals surface area contributed by atoms with Gasteiger partial charge in [0.1, 0.15) is 17.6 Å². The number of likely N-dealkylation sites (tertiary alicyclic amines) is 1. The van der Waals surface area contributed by atoms with E-state index in [2.05, 4.69) is 15.2 Å². The Morgan fingerprint density at radius 1 is 1.13 bits per heavy atom. The third-order valence-corrected chi connectivity index (χ3v) is 7.58. The van der Waals surface area contributed by atoms with E-state index in [1.807, 2.05) is 52.0 Å². The number of hydrogen-bond donors (Lipinski definition) is 1. The number of alkyl halides is 1. The monoisotopic (exact) mass is 524 g/mol. The molecular formula is C28H37FN6O3. The van der Waals surface area contributed by atoms with Crippen LogP contribution in [-0.4, -0.2) is 75.0 Å². The van der Waals surface area contributed by atoms with Gasteiger partial charge in [-0.05, 0) is 64.2 Å². The first-order valence-electron chi connectivity index (χ1n) is 13.5. The number of carbonyl (C=O) groups is 2. The quantitative estimate of drug-likeness (QED) is 0.641. The van der Waals surface area contributed by atoms with Crippen LogP contribution in [0.15, 0.2) is 42.1 Å². The van der Waals surface area contributed by atoms with Crippen LogP contribution in [0, 0.1) is 5.92 Å². The lowest BCUT2D eigenvalue weighted by Gasteiger charge is -2.33. The third kappa shape index (κ3) is 5.39. The van der Waals surface area contributed by atoms with Crippen molar-refractivity contribution >= 4 is 23.5 Å². The Morgan fingerprint density at radius 3 is 2.63 bits per heavy atom. The van der Waals surface area contributed by atoms with Gasteiger partial charge >= 0.3 is 6.09 Å². The summed E-state index contributed by atoms with van der Waals surface area (Å²) >= 11 is 0. The van der Waals surface area contributed by atoms with Crippen LogP contribution in [0.5, 0.6) is 0 Å². The maximum atomic E-state index is 14.4. The second-order valence-electron chi connectivity index (χ2n) is 11.5. The van der Waals surface area contributed by atoms with Crippen LogP contribution in [0.1, 0.15) is 63.9 Å². The highest BCUT2D eigenvalue weighted by molar-refractivity contribution is 5.93. The number of rotatable bonds is 4. The molecule has 2 aromatic heterocycles. The largest absolute Gasteiger partial charge is 0.444 e. The molecule has 0 saturated carbocycles. The van der Waals surface area contributed by atoms with E-state index in [0.29, 0.717) is 37.3 Å². The van der Waals surface area contributed by atoms with E-state index in [4.69, 9.17) is 9.84 Å². The minimum Gasteiger partial charge on any atom is -0.444 e. The van der Waals surface area contributed by atoms with Gasteiger partial charge < -0.3 is 19.9 Å². The highest BCUT2D eigenvalue weighted by Crippen LogP contribution is 2.35. The Morgan fingerprint density at radius 2 is 1.89 bits per heavy atom. The fourth-order valence-electron chi connectivity index (χ4n) is 5.54. The number of fused-ring (bicyclic) bond motifs is 1. The van der Waals surface area contributed by atoms with Gasteiger partial charge in [-0.15, -0.1) is 5.10 Å². The highest BCUT2D eigenvalue weighted by Gasteiger charge is 2.34. The van der Waals surface area contributed by atoms with Gasteiger partial charge in [-0.25, -0.2) is 18.7 Å². The molecule has 1 N–H and O–H groups in total. The number of aromatic nitrogens is 3. The molecule has 0 radical (unpaired) electrons. The molecule has 5 rings (SSSR count). The van der Waals surface area contributed by atoms with Gasteiger partial charge in [-0.1, -0.05) is 25.2 Å². The van der Waals surface area contributed by atoms with Gasteiger partial charge in [0.2, 0.25) is 0 Å². The van der Waals surface area contributed by atoms with Gasteiger partial charge in [0.15, 0.2) is 11.3 Å². The molecule has 0 spiro atoms. The summed E-state index contributed by atoms with van der Waals surface area (Å²) in [7, 11) is 0. The summed E-state index contributed by atoms with van der Waals surface area (Å²) in [6.07, 6.45) is 8.92. The van der Waals surface area contributed by atoms with E-state index >= 15 is 0 Å². The highest BCUT2D eigenvalue weighted by atomic mass is 19.1. The van der Waals surface area contributed by atoms with E-state index in [0.717, 1.165) is 30.8 Å². The molecule has 2 aromatic rings. The summed E-state index contributed by atoms with van der Waals surface area (Å²) in [5.74, 6) is 0.325. The van der Waals surface area contributed by atoms with Crippen molar-refractivity contribution in [1.82, 2.24) is 24.8 Å². The number of allylic oxidation sites excluding steroid dienone is 3. The third-order valence-electron chi connectivity index (χ3n) is 7.58. The Hall–Kier alpha value is -3.43. The fourth-order valence-corrected chi connectivity index (χ4v) is 5.54. The van der Waals surface area contributed by atoms with Crippen LogP contribution in [0.3, 0.4) is 0 Å². The first kappa shape index (κ1) is 26.2. The first-order valence-corrected chi connectivity index (χ1v) is 13.5. The van der Waals surface area contributed by atoms with Crippen LogP contribution < -0.4 is 10.2 Å². The SMILES string of the molecule is C[C@@H]1C([C@H]2CCCN2c2ccc3ncc(C(=O)NC4CCN(C(=O)OC(C)(C)C)CC4)n3n2)=CC=CC1F. The topological polar surface area (TPSA) is 92.1 Å². The van der Waals surface area contributed by atoms with Crippen molar-refractivity contribution in [3.63, 3.8) is 0 Å². The van der Waals surface area contributed by atoms with Crippen molar-refractivity contribution in [2.45, 2.75) is 77.2 Å². The van der Waals surface area contributed by atoms with E-state index in [1.54, 1.807) is 21.7 Å². The smallest absolute Gasteiger partial charge is 0.410 e. The van der Waals surface area contributed by atoms with Crippen LogP contribution in [0.2, 0.25) is 0 Å². The van der Waals surface area contributed by atoms with Crippen LogP contribution >= 0.6 is 0 Å². The number of halogens is 1. The second kappa shape index (κ2) is 10.4. The molecule has 2 fully saturated rings. The second-order valence-corrected chi connectivity index (χ2v) is 11.5. The molecule has 4 heterocycles. The van der Waals surface area contributed by atoms with Gasteiger partial charge in [0, 0.05) is 31.6 Å². The maximum absolute atomic E-state index is 14.4. The number of anilines is 1. The van der Waals surface area contributed by atoms with Crippen LogP contribution in [0.4, 0.5) is 15.0 Å². The molecule has 1 unspecified atom stereocenters. The van der Waals surface area contributed by atoms with Crippen molar-refractivity contribution in [2.75, 3.05) is 24.5 Å². The number of nitrogens with zero attached hydrogens (tertiary/aromatic N) is 5. The average Bonchev–Trinajstić information content (AvgIpc) is 3.52. The minimum absolute atomic E-state index is 0.0562. The Bertz CT molecular complexity index is 1260. The summed E-state index contributed by atoms with van der Waals surface area (Å²) in [6, 6.07) is 3.81. The molecule has 0 aromatic carbocycles. The number of piperidine rings is 1. The zero-order valence-electron chi connectivity index (χ0n) is 22.6. The van der Waals surface area contributed by atoms with Crippen molar-refractivity contribution in [2.24, 2.45) is 5.92 Å². The van der Waals surface area contributed by atoms with E-state index in [9.17, 15) is 14.0 Å². The summed E-state index contributed by atoms with van der Waals surface area (Å²) in [4.78, 5) is 33.8. The summed E-state index contributed by atoms with van der Waals surface area (Å²) < 4.78 is 21.4. The zero-order chi connectivity index (χ0) is 27.0. The number of hydrogen-bond acceptors (Lipinski definition) is 6. The molecule has 3 aliphatic rings. The molecule has 3 atom stereocenters. The number of nitrogens with one attached hydrogen (secondary N) is 1. The number of imidazole rings is 1. The predicted molar refractivity (Wildman–Crippen MR) is 143 cm³/mol. The van der Waals surface area contributed by atoms with Crippen molar-refractivity contribution in [3.8, 4) is 0 Å². The fraction of sp³-hybridized carbons (Fsp3) is 0.571. The lowest BCUT2D eigenvalue weighted by Crippen LogP contribution is -2.48. The molecule has 2 amide bonds. The molecule has 1 aliphatic carbocycles. The molecule has 204 valence electrons. The van der Waals surface area contributed by atoms with E-state index < -0.39 is 11.8 Å². The number of carbonyl (C=O) groups excluding carboxylic acids is 2. The Balaban J connectivity index is 1.27. The lowest BCUT2D eigenvalue weighted by atomic mass is 9.86. The molecule has 0 bridgehead atoms. The van der Waals surface area contributed by atoms with E-state index in [-0.39, 0.29) is 30.0 Å². The number of amides is 2. The minimum atomic E-state index is -0.979. The molecule has 2 saturated heterocycles. The standard InChI is InChI=1S/C28H37FN6O3/c1-18-20(7-5-8-21(18)29)22-9-6-14-34(22)25-11-10-24-30-17-23(35(24)32-25)26(36)31-19-12-15-33(16-13-19)27(37)38-28(2,3)4/h5,7-8,10-11,17-19,21-22H,6,9,12-16H2,1-4H3,(H,31,36)/t18-,21?,22-/m1/s1. The summed E-state index contributed by atoms with van der Waals surface area (Å²) in [6.45, 7) is 9.35. The zero-order valence-corrected chi connectivity index (χ0v) is 22.6. The summed E-state index contributed by atoms with van der Waals surface area (Å²) in [5.41, 5.74) is 1.50. The molecule has 38 heavy (non-hydrogen) atoms. The molecular weight excluding hydrogens is 487 g/mol.